The van der Waals surface area contributed by atoms with Gasteiger partial charge in [-0.2, -0.15) is 0 Å². The zero-order valence-electron chi connectivity index (χ0n) is 16.0. The summed E-state index contributed by atoms with van der Waals surface area (Å²) in [6.07, 6.45) is 5.47. The maximum Gasteiger partial charge on any atom is 0.255 e. The summed E-state index contributed by atoms with van der Waals surface area (Å²) in [7, 11) is 0. The number of amides is 3. The highest BCUT2D eigenvalue weighted by molar-refractivity contribution is 6.34. The number of nitrogens with zero attached hydrogens (tertiary/aromatic N) is 1. The molecule has 1 aliphatic heterocycles. The average Bonchev–Trinajstić information content (AvgIpc) is 3.53. The third kappa shape index (κ3) is 2.45. The van der Waals surface area contributed by atoms with Crippen LogP contribution < -0.4 is 10.2 Å². The number of hydrogen-bond acceptors (Lipinski definition) is 3. The number of imide groups is 1. The molecule has 30 heavy (non-hydrogen) atoms. The van der Waals surface area contributed by atoms with Crippen LogP contribution in [0.2, 0.25) is 5.02 Å². The Labute approximate surface area is 178 Å². The van der Waals surface area contributed by atoms with Gasteiger partial charge >= 0.3 is 0 Å². The zero-order valence-corrected chi connectivity index (χ0v) is 16.8. The summed E-state index contributed by atoms with van der Waals surface area (Å²) < 4.78 is 0. The van der Waals surface area contributed by atoms with Crippen LogP contribution in [0.5, 0.6) is 0 Å². The molecule has 6 heteroatoms. The monoisotopic (exact) mass is 418 g/mol. The highest BCUT2D eigenvalue weighted by atomic mass is 35.5. The van der Waals surface area contributed by atoms with E-state index >= 15 is 0 Å². The summed E-state index contributed by atoms with van der Waals surface area (Å²) >= 11 is 6.10. The molecule has 1 heterocycles. The Hall–Kier alpha value is -2.92. The van der Waals surface area contributed by atoms with Gasteiger partial charge in [0.15, 0.2) is 0 Å². The van der Waals surface area contributed by atoms with Gasteiger partial charge in [0, 0.05) is 5.56 Å². The minimum Gasteiger partial charge on any atom is -0.321 e. The quantitative estimate of drug-likeness (QED) is 0.601. The third-order valence-electron chi connectivity index (χ3n) is 7.17. The lowest BCUT2D eigenvalue weighted by molar-refractivity contribution is -0.124. The van der Waals surface area contributed by atoms with Gasteiger partial charge in [0.05, 0.1) is 28.2 Å². The van der Waals surface area contributed by atoms with E-state index < -0.39 is 0 Å². The third-order valence-corrected chi connectivity index (χ3v) is 7.50. The van der Waals surface area contributed by atoms with Crippen molar-refractivity contribution in [3.8, 4) is 0 Å². The Bertz CT molecular complexity index is 1090. The Morgan fingerprint density at radius 2 is 1.50 bits per heavy atom. The summed E-state index contributed by atoms with van der Waals surface area (Å²) in [5, 5.41) is 3.23. The van der Waals surface area contributed by atoms with Crippen molar-refractivity contribution in [2.24, 2.45) is 35.5 Å². The molecule has 2 saturated carbocycles. The molecule has 3 fully saturated rings. The smallest absolute Gasteiger partial charge is 0.255 e. The number of halogens is 1. The molecule has 5 nitrogen and oxygen atoms in total. The van der Waals surface area contributed by atoms with Crippen molar-refractivity contribution in [3.05, 3.63) is 71.3 Å². The normalized spacial score (nSPS) is 32.8. The number of para-hydroxylation sites is 1. The van der Waals surface area contributed by atoms with E-state index in [0.29, 0.717) is 33.8 Å². The second-order valence-corrected chi connectivity index (χ2v) is 9.05. The first kappa shape index (κ1) is 17.9. The number of allylic oxidation sites excluding steroid dienone is 2. The van der Waals surface area contributed by atoms with Crippen LogP contribution in [0.15, 0.2) is 60.7 Å². The van der Waals surface area contributed by atoms with Gasteiger partial charge in [-0.1, -0.05) is 35.9 Å². The lowest BCUT2D eigenvalue weighted by Crippen LogP contribution is -2.40. The van der Waals surface area contributed by atoms with Crippen molar-refractivity contribution in [2.45, 2.75) is 6.42 Å². The number of carbonyl (C=O) groups excluding carboxylic acids is 3. The van der Waals surface area contributed by atoms with Crippen LogP contribution in [0.1, 0.15) is 16.8 Å². The SMILES string of the molecule is O=C(Nc1ccccc1Cl)c1ccc(N2C(=O)[C@H]3[C@@H]4C=C[C@H]([C@H]5C[C@H]45)[C@@H]3C2=O)cc1. The van der Waals surface area contributed by atoms with Crippen molar-refractivity contribution >= 4 is 40.7 Å². The maximum atomic E-state index is 13.2. The van der Waals surface area contributed by atoms with E-state index in [0.717, 1.165) is 6.42 Å². The maximum absolute atomic E-state index is 13.2. The standard InChI is InChI=1S/C24H19ClN2O3/c25-18-3-1-2-4-19(18)26-22(28)12-5-7-13(8-6-12)27-23(29)20-14-9-10-15(17-11-16(14)17)21(20)24(27)30/h1-10,14-17,20-21H,11H2,(H,26,28)/t14-,15-,16-,17-,20+,21+/m1/s1. The molecular formula is C24H19ClN2O3. The molecule has 1 N–H and O–H groups in total. The molecule has 2 aromatic rings. The fourth-order valence-electron chi connectivity index (χ4n) is 5.73. The molecule has 150 valence electrons. The molecular weight excluding hydrogens is 400 g/mol. The predicted octanol–water partition coefficient (Wildman–Crippen LogP) is 4.15. The van der Waals surface area contributed by atoms with Crippen LogP contribution in [0, 0.1) is 35.5 Å². The van der Waals surface area contributed by atoms with Gasteiger partial charge in [0.2, 0.25) is 11.8 Å². The minimum atomic E-state index is -0.301. The number of benzene rings is 2. The molecule has 0 unspecified atom stereocenters. The van der Waals surface area contributed by atoms with E-state index in [-0.39, 0.29) is 41.4 Å². The van der Waals surface area contributed by atoms with E-state index in [1.807, 2.05) is 0 Å². The van der Waals surface area contributed by atoms with E-state index in [1.54, 1.807) is 48.5 Å². The molecule has 0 aromatic heterocycles. The number of anilines is 2. The fraction of sp³-hybridized carbons (Fsp3) is 0.292. The molecule has 2 aromatic carbocycles. The largest absolute Gasteiger partial charge is 0.321 e. The molecule has 1 saturated heterocycles. The van der Waals surface area contributed by atoms with Crippen molar-refractivity contribution in [2.75, 3.05) is 10.2 Å². The summed E-state index contributed by atoms with van der Waals surface area (Å²) in [6, 6.07) is 13.6. The Balaban J connectivity index is 1.24. The minimum absolute atomic E-state index is 0.0945. The fourth-order valence-corrected chi connectivity index (χ4v) is 5.91. The van der Waals surface area contributed by atoms with Gasteiger partial charge in [0.25, 0.3) is 5.91 Å². The molecule has 6 atom stereocenters. The summed E-state index contributed by atoms with van der Waals surface area (Å²) in [6.45, 7) is 0. The van der Waals surface area contributed by atoms with Crippen LogP contribution in [-0.2, 0) is 9.59 Å². The summed E-state index contributed by atoms with van der Waals surface area (Å²) in [4.78, 5) is 40.2. The van der Waals surface area contributed by atoms with Crippen molar-refractivity contribution in [1.82, 2.24) is 0 Å². The topological polar surface area (TPSA) is 66.5 Å². The summed E-state index contributed by atoms with van der Waals surface area (Å²) in [5.74, 6) is 0.622. The van der Waals surface area contributed by atoms with Gasteiger partial charge in [-0.15, -0.1) is 0 Å². The molecule has 3 amide bonds. The second kappa shape index (κ2) is 6.29. The first-order valence-electron chi connectivity index (χ1n) is 10.3. The molecule has 0 radical (unpaired) electrons. The molecule has 5 aliphatic rings. The number of rotatable bonds is 3. The van der Waals surface area contributed by atoms with Crippen molar-refractivity contribution in [1.29, 1.82) is 0 Å². The number of carbonyl (C=O) groups is 3. The number of nitrogens with one attached hydrogen (secondary N) is 1. The lowest BCUT2D eigenvalue weighted by Gasteiger charge is -2.37. The van der Waals surface area contributed by atoms with E-state index in [4.69, 9.17) is 11.6 Å². The Morgan fingerprint density at radius 3 is 2.10 bits per heavy atom. The highest BCUT2D eigenvalue weighted by Crippen LogP contribution is 2.65. The Kier molecular flexibility index (Phi) is 3.75. The van der Waals surface area contributed by atoms with Gasteiger partial charge in [-0.05, 0) is 66.5 Å². The van der Waals surface area contributed by atoms with Gasteiger partial charge < -0.3 is 5.32 Å². The van der Waals surface area contributed by atoms with E-state index in [9.17, 15) is 14.4 Å². The summed E-state index contributed by atoms with van der Waals surface area (Å²) in [5.41, 5.74) is 1.49. The predicted molar refractivity (Wildman–Crippen MR) is 113 cm³/mol. The number of hydrogen-bond donors (Lipinski definition) is 1. The van der Waals surface area contributed by atoms with Crippen molar-refractivity contribution < 1.29 is 14.4 Å². The zero-order chi connectivity index (χ0) is 20.6. The van der Waals surface area contributed by atoms with E-state index in [2.05, 4.69) is 17.5 Å². The Morgan fingerprint density at radius 1 is 0.900 bits per heavy atom. The molecule has 7 rings (SSSR count). The van der Waals surface area contributed by atoms with Crippen LogP contribution in [0.25, 0.3) is 0 Å². The van der Waals surface area contributed by atoms with Crippen LogP contribution in [0.3, 0.4) is 0 Å². The average molecular weight is 419 g/mol. The van der Waals surface area contributed by atoms with E-state index in [1.165, 1.54) is 4.90 Å². The van der Waals surface area contributed by atoms with Gasteiger partial charge in [-0.3, -0.25) is 19.3 Å². The van der Waals surface area contributed by atoms with Gasteiger partial charge in [0.1, 0.15) is 0 Å². The van der Waals surface area contributed by atoms with Crippen LogP contribution in [-0.4, -0.2) is 17.7 Å². The molecule has 4 aliphatic carbocycles. The van der Waals surface area contributed by atoms with Crippen LogP contribution >= 0.6 is 11.6 Å². The highest BCUT2D eigenvalue weighted by Gasteiger charge is 2.67. The molecule has 0 spiro atoms. The van der Waals surface area contributed by atoms with Gasteiger partial charge in [-0.25, -0.2) is 0 Å². The first-order chi connectivity index (χ1) is 14.5. The second-order valence-electron chi connectivity index (χ2n) is 8.65. The molecule has 2 bridgehead atoms. The lowest BCUT2D eigenvalue weighted by atomic mass is 9.63. The van der Waals surface area contributed by atoms with Crippen LogP contribution in [0.4, 0.5) is 11.4 Å². The first-order valence-corrected chi connectivity index (χ1v) is 10.6. The van der Waals surface area contributed by atoms with Crippen molar-refractivity contribution in [3.63, 3.8) is 0 Å².